The Bertz CT molecular complexity index is 815. The van der Waals surface area contributed by atoms with E-state index >= 15 is 0 Å². The highest BCUT2D eigenvalue weighted by molar-refractivity contribution is 6.52. The second-order valence-corrected chi connectivity index (χ2v) is 9.09. The van der Waals surface area contributed by atoms with Crippen LogP contribution in [0.3, 0.4) is 0 Å². The zero-order valence-electron chi connectivity index (χ0n) is 13.7. The summed E-state index contributed by atoms with van der Waals surface area (Å²) in [5.41, 5.74) is 5.76. The molecule has 0 heterocycles. The van der Waals surface area contributed by atoms with Crippen LogP contribution in [0.2, 0.25) is 0 Å². The minimum atomic E-state index is -0.852. The molecule has 0 saturated heterocycles. The Labute approximate surface area is 157 Å². The third-order valence-corrected chi connectivity index (χ3v) is 6.94. The highest BCUT2D eigenvalue weighted by Gasteiger charge is 2.56. The lowest BCUT2D eigenvalue weighted by Gasteiger charge is -2.45. The lowest BCUT2D eigenvalue weighted by Crippen LogP contribution is -2.40. The summed E-state index contributed by atoms with van der Waals surface area (Å²) < 4.78 is -0.852. The molecule has 0 radical (unpaired) electrons. The van der Waals surface area contributed by atoms with Crippen LogP contribution < -0.4 is 5.32 Å². The van der Waals surface area contributed by atoms with Gasteiger partial charge >= 0.3 is 0 Å². The fourth-order valence-electron chi connectivity index (χ4n) is 4.81. The van der Waals surface area contributed by atoms with E-state index in [1.807, 2.05) is 0 Å². The summed E-state index contributed by atoms with van der Waals surface area (Å²) in [5, 5.41) is 3.11. The molecule has 2 bridgehead atoms. The molecule has 1 amide bonds. The Kier molecular flexibility index (Phi) is 3.45. The first kappa shape index (κ1) is 15.7. The summed E-state index contributed by atoms with van der Waals surface area (Å²) in [6.45, 7) is 0.684. The molecule has 2 atom stereocenters. The Hall–Kier alpha value is -1.51. The van der Waals surface area contributed by atoms with Crippen molar-refractivity contribution in [3.8, 4) is 0 Å². The van der Waals surface area contributed by atoms with E-state index in [9.17, 15) is 4.79 Å². The zero-order valence-corrected chi connectivity index (χ0v) is 15.2. The number of hydrogen-bond acceptors (Lipinski definition) is 1. The highest BCUT2D eigenvalue weighted by atomic mass is 35.5. The van der Waals surface area contributed by atoms with Gasteiger partial charge in [-0.2, -0.15) is 0 Å². The maximum Gasteiger partial charge on any atom is 0.226 e. The van der Waals surface area contributed by atoms with Gasteiger partial charge in [-0.25, -0.2) is 0 Å². The quantitative estimate of drug-likeness (QED) is 0.785. The predicted molar refractivity (Wildman–Crippen MR) is 100 cm³/mol. The first-order valence-electron chi connectivity index (χ1n) is 8.89. The molecular formula is C21H19Cl2NO. The van der Waals surface area contributed by atoms with Crippen molar-refractivity contribution >= 4 is 29.1 Å². The molecule has 6 rings (SSSR count). The van der Waals surface area contributed by atoms with Crippen molar-refractivity contribution in [2.45, 2.75) is 29.0 Å². The Morgan fingerprint density at radius 2 is 1.52 bits per heavy atom. The molecule has 2 unspecified atom stereocenters. The smallest absolute Gasteiger partial charge is 0.226 e. The van der Waals surface area contributed by atoms with E-state index in [2.05, 4.69) is 53.8 Å². The molecule has 1 fully saturated rings. The molecule has 2 nitrogen and oxygen atoms in total. The predicted octanol–water partition coefficient (Wildman–Crippen LogP) is 4.59. The summed E-state index contributed by atoms with van der Waals surface area (Å²) in [5.74, 6) is 0.941. The summed E-state index contributed by atoms with van der Waals surface area (Å²) in [7, 11) is 0. The van der Waals surface area contributed by atoms with Crippen LogP contribution in [0.15, 0.2) is 48.5 Å². The van der Waals surface area contributed by atoms with Crippen molar-refractivity contribution < 1.29 is 4.79 Å². The first-order chi connectivity index (χ1) is 12.1. The number of carbonyl (C=O) groups is 1. The lowest BCUT2D eigenvalue weighted by molar-refractivity contribution is -0.122. The molecule has 25 heavy (non-hydrogen) atoms. The number of halogens is 2. The average Bonchev–Trinajstić information content (AvgIpc) is 3.28. The normalized spacial score (nSPS) is 30.3. The monoisotopic (exact) mass is 371 g/mol. The Morgan fingerprint density at radius 1 is 1.00 bits per heavy atom. The van der Waals surface area contributed by atoms with Gasteiger partial charge < -0.3 is 5.32 Å². The Morgan fingerprint density at radius 3 is 2.04 bits per heavy atom. The van der Waals surface area contributed by atoms with Crippen LogP contribution in [0.25, 0.3) is 0 Å². The molecule has 4 heteroatoms. The van der Waals surface area contributed by atoms with Gasteiger partial charge in [0.1, 0.15) is 4.33 Å². The van der Waals surface area contributed by atoms with E-state index in [0.717, 1.165) is 6.42 Å². The van der Waals surface area contributed by atoms with Crippen molar-refractivity contribution in [2.75, 3.05) is 6.54 Å². The fraction of sp³-hybridized carbons (Fsp3) is 0.381. The second-order valence-electron chi connectivity index (χ2n) is 7.55. The molecule has 4 aliphatic rings. The minimum absolute atomic E-state index is 0.00647. The third-order valence-electron chi connectivity index (χ3n) is 6.10. The molecule has 1 N–H and O–H groups in total. The van der Waals surface area contributed by atoms with E-state index in [4.69, 9.17) is 23.2 Å². The van der Waals surface area contributed by atoms with Gasteiger partial charge in [0, 0.05) is 18.4 Å². The summed E-state index contributed by atoms with van der Waals surface area (Å²) in [6, 6.07) is 17.5. The standard InChI is InChI=1S/C21H19Cl2NO/c22-21(23)10-18(21)20(25)24-11-12-9-17-13-5-1-3-7-15(13)19(12)16-8-4-2-6-14(16)17/h1-8,12,17-19H,9-11H2,(H,24,25). The number of benzene rings is 2. The van der Waals surface area contributed by atoms with Crippen molar-refractivity contribution in [2.24, 2.45) is 11.8 Å². The molecule has 0 spiro atoms. The number of rotatable bonds is 3. The van der Waals surface area contributed by atoms with Crippen molar-refractivity contribution in [3.63, 3.8) is 0 Å². The topological polar surface area (TPSA) is 29.1 Å². The number of carbonyl (C=O) groups excluding carboxylic acids is 1. The molecule has 1 saturated carbocycles. The fourth-order valence-corrected chi connectivity index (χ4v) is 5.32. The van der Waals surface area contributed by atoms with Crippen molar-refractivity contribution in [1.29, 1.82) is 0 Å². The molecule has 0 aliphatic heterocycles. The average molecular weight is 372 g/mol. The van der Waals surface area contributed by atoms with Gasteiger partial charge in [0.2, 0.25) is 5.91 Å². The molecule has 2 aromatic carbocycles. The molecule has 2 aromatic rings. The van der Waals surface area contributed by atoms with E-state index < -0.39 is 4.33 Å². The van der Waals surface area contributed by atoms with Gasteiger partial charge in [-0.1, -0.05) is 48.5 Å². The summed E-state index contributed by atoms with van der Waals surface area (Å²) >= 11 is 12.1. The van der Waals surface area contributed by atoms with Gasteiger partial charge in [-0.15, -0.1) is 23.2 Å². The highest BCUT2D eigenvalue weighted by Crippen LogP contribution is 2.56. The second kappa shape index (κ2) is 5.49. The van der Waals surface area contributed by atoms with Crippen LogP contribution in [0.4, 0.5) is 0 Å². The first-order valence-corrected chi connectivity index (χ1v) is 9.65. The van der Waals surface area contributed by atoms with Crippen molar-refractivity contribution in [1.82, 2.24) is 5.32 Å². The number of fused-ring (bicyclic) bond motifs is 1. The summed E-state index contributed by atoms with van der Waals surface area (Å²) in [6.07, 6.45) is 1.64. The molecule has 0 aromatic heterocycles. The number of hydrogen-bond donors (Lipinski definition) is 1. The van der Waals surface area contributed by atoms with Crippen LogP contribution in [0.1, 0.15) is 46.9 Å². The van der Waals surface area contributed by atoms with Crippen molar-refractivity contribution in [3.05, 3.63) is 70.8 Å². The third kappa shape index (κ3) is 2.42. The van der Waals surface area contributed by atoms with Gasteiger partial charge in [0.05, 0.1) is 5.92 Å². The minimum Gasteiger partial charge on any atom is -0.355 e. The number of alkyl halides is 2. The molecular weight excluding hydrogens is 353 g/mol. The maximum absolute atomic E-state index is 12.3. The zero-order chi connectivity index (χ0) is 17.2. The number of nitrogens with one attached hydrogen (secondary N) is 1. The van der Waals surface area contributed by atoms with E-state index in [0.29, 0.717) is 30.7 Å². The van der Waals surface area contributed by atoms with Crippen LogP contribution >= 0.6 is 23.2 Å². The molecule has 128 valence electrons. The largest absolute Gasteiger partial charge is 0.355 e. The van der Waals surface area contributed by atoms with Gasteiger partial charge in [-0.05, 0) is 41.0 Å². The van der Waals surface area contributed by atoms with Crippen LogP contribution in [0, 0.1) is 11.8 Å². The number of amides is 1. The molecule has 4 aliphatic carbocycles. The van der Waals surface area contributed by atoms with Crippen LogP contribution in [0.5, 0.6) is 0 Å². The summed E-state index contributed by atoms with van der Waals surface area (Å²) in [4.78, 5) is 12.3. The van der Waals surface area contributed by atoms with Crippen LogP contribution in [-0.2, 0) is 4.79 Å². The lowest BCUT2D eigenvalue weighted by atomic mass is 9.59. The van der Waals surface area contributed by atoms with E-state index in [1.54, 1.807) is 0 Å². The maximum atomic E-state index is 12.3. The van der Waals surface area contributed by atoms with E-state index in [1.165, 1.54) is 22.3 Å². The van der Waals surface area contributed by atoms with Gasteiger partial charge in [0.25, 0.3) is 0 Å². The van der Waals surface area contributed by atoms with Crippen LogP contribution in [-0.4, -0.2) is 16.8 Å². The SMILES string of the molecule is O=C(NCC1CC2c3ccccc3C1c1ccccc12)C1CC1(Cl)Cl. The Balaban J connectivity index is 1.43. The van der Waals surface area contributed by atoms with Gasteiger partial charge in [-0.3, -0.25) is 4.79 Å². The van der Waals surface area contributed by atoms with E-state index in [-0.39, 0.29) is 11.8 Å². The van der Waals surface area contributed by atoms with Gasteiger partial charge in [0.15, 0.2) is 0 Å².